The molecule has 0 saturated heterocycles. The van der Waals surface area contributed by atoms with Crippen LogP contribution in [0.3, 0.4) is 0 Å². The summed E-state index contributed by atoms with van der Waals surface area (Å²) in [5.41, 5.74) is 4.70. The fourth-order valence-electron chi connectivity index (χ4n) is 2.05. The molecule has 0 aliphatic rings. The van der Waals surface area contributed by atoms with Gasteiger partial charge in [0.15, 0.2) is 0 Å². The lowest BCUT2D eigenvalue weighted by Crippen LogP contribution is -2.06. The number of nitro groups is 1. The number of hydrogen-bond acceptors (Lipinski definition) is 3. The highest BCUT2D eigenvalue weighted by atomic mass is 16.6. The Kier molecular flexibility index (Phi) is 4.03. The zero-order valence-electron chi connectivity index (χ0n) is 11.9. The van der Waals surface area contributed by atoms with Crippen molar-refractivity contribution >= 4 is 11.4 Å². The lowest BCUT2D eigenvalue weighted by molar-refractivity contribution is -0.384. The fourth-order valence-corrected chi connectivity index (χ4v) is 2.05. The van der Waals surface area contributed by atoms with Gasteiger partial charge in [-0.05, 0) is 49.6 Å². The van der Waals surface area contributed by atoms with Gasteiger partial charge in [-0.25, -0.2) is 0 Å². The molecule has 0 amide bonds. The average molecular weight is 270 g/mol. The number of non-ortho nitro benzene ring substituents is 1. The van der Waals surface area contributed by atoms with Crippen LogP contribution in [0.5, 0.6) is 0 Å². The molecule has 20 heavy (non-hydrogen) atoms. The van der Waals surface area contributed by atoms with E-state index >= 15 is 0 Å². The Morgan fingerprint density at radius 3 is 2.25 bits per heavy atom. The summed E-state index contributed by atoms with van der Waals surface area (Å²) in [4.78, 5) is 10.2. The Balaban J connectivity index is 2.12. The summed E-state index contributed by atoms with van der Waals surface area (Å²) in [6.45, 7) is 6.20. The van der Waals surface area contributed by atoms with Crippen LogP contribution in [0.4, 0.5) is 11.4 Å². The highest BCUT2D eigenvalue weighted by Gasteiger charge is 2.09. The van der Waals surface area contributed by atoms with Crippen LogP contribution in [0, 0.1) is 24.0 Å². The summed E-state index contributed by atoms with van der Waals surface area (Å²) in [6, 6.07) is 13.0. The molecule has 0 fully saturated rings. The second-order valence-electron chi connectivity index (χ2n) is 5.01. The first kappa shape index (κ1) is 14.1. The summed E-state index contributed by atoms with van der Waals surface area (Å²) < 4.78 is 0. The minimum absolute atomic E-state index is 0.0953. The van der Waals surface area contributed by atoms with E-state index in [-0.39, 0.29) is 16.7 Å². The summed E-state index contributed by atoms with van der Waals surface area (Å²) in [7, 11) is 0. The van der Waals surface area contributed by atoms with Crippen molar-refractivity contribution in [1.82, 2.24) is 0 Å². The monoisotopic (exact) mass is 270 g/mol. The van der Waals surface area contributed by atoms with Crippen LogP contribution in [0.2, 0.25) is 0 Å². The number of aryl methyl sites for hydroxylation is 2. The molecule has 2 aromatic rings. The molecule has 1 N–H and O–H groups in total. The van der Waals surface area contributed by atoms with E-state index in [1.807, 2.05) is 13.0 Å². The van der Waals surface area contributed by atoms with Gasteiger partial charge in [-0.15, -0.1) is 0 Å². The van der Waals surface area contributed by atoms with Crippen molar-refractivity contribution in [3.8, 4) is 0 Å². The largest absolute Gasteiger partial charge is 0.379 e. The van der Waals surface area contributed by atoms with E-state index in [4.69, 9.17) is 0 Å². The molecule has 0 saturated carbocycles. The lowest BCUT2D eigenvalue weighted by Gasteiger charge is -2.16. The highest BCUT2D eigenvalue weighted by Crippen LogP contribution is 2.23. The molecule has 104 valence electrons. The molecule has 0 heterocycles. The van der Waals surface area contributed by atoms with Gasteiger partial charge in [-0.1, -0.05) is 18.2 Å². The number of benzene rings is 2. The topological polar surface area (TPSA) is 55.2 Å². The predicted octanol–water partition coefficient (Wildman–Crippen LogP) is 4.38. The standard InChI is InChI=1S/C16H18N2O2/c1-11-4-7-15(10-12(11)2)17-13(3)14-5-8-16(9-6-14)18(19)20/h4-10,13,17H,1-3H3. The molecule has 0 spiro atoms. The number of hydrogen-bond donors (Lipinski definition) is 1. The molecular weight excluding hydrogens is 252 g/mol. The molecule has 0 bridgehead atoms. The van der Waals surface area contributed by atoms with E-state index in [1.54, 1.807) is 12.1 Å². The van der Waals surface area contributed by atoms with E-state index < -0.39 is 0 Å². The normalized spacial score (nSPS) is 11.9. The van der Waals surface area contributed by atoms with Crippen LogP contribution in [-0.2, 0) is 0 Å². The van der Waals surface area contributed by atoms with Crippen LogP contribution in [0.25, 0.3) is 0 Å². The van der Waals surface area contributed by atoms with E-state index in [9.17, 15) is 10.1 Å². The summed E-state index contributed by atoms with van der Waals surface area (Å²) >= 11 is 0. The van der Waals surface area contributed by atoms with Gasteiger partial charge in [-0.2, -0.15) is 0 Å². The molecule has 0 aliphatic carbocycles. The van der Waals surface area contributed by atoms with Crippen LogP contribution >= 0.6 is 0 Å². The van der Waals surface area contributed by atoms with Gasteiger partial charge in [0, 0.05) is 23.9 Å². The molecule has 0 radical (unpaired) electrons. The van der Waals surface area contributed by atoms with Crippen LogP contribution in [0.1, 0.15) is 29.7 Å². The smallest absolute Gasteiger partial charge is 0.269 e. The molecule has 4 nitrogen and oxygen atoms in total. The Hall–Kier alpha value is -2.36. The zero-order valence-corrected chi connectivity index (χ0v) is 11.9. The SMILES string of the molecule is Cc1ccc(NC(C)c2ccc([N+](=O)[O-])cc2)cc1C. The Morgan fingerprint density at radius 1 is 1.05 bits per heavy atom. The van der Waals surface area contributed by atoms with Gasteiger partial charge in [-0.3, -0.25) is 10.1 Å². The quantitative estimate of drug-likeness (QED) is 0.662. The van der Waals surface area contributed by atoms with E-state index in [0.717, 1.165) is 11.3 Å². The number of nitro benzene ring substituents is 1. The third kappa shape index (κ3) is 3.15. The first-order valence-electron chi connectivity index (χ1n) is 6.55. The molecule has 0 aromatic heterocycles. The number of nitrogens with one attached hydrogen (secondary N) is 1. The first-order chi connectivity index (χ1) is 9.47. The summed E-state index contributed by atoms with van der Waals surface area (Å²) in [5.74, 6) is 0. The molecule has 1 atom stereocenters. The van der Waals surface area contributed by atoms with Crippen molar-refractivity contribution in [2.75, 3.05) is 5.32 Å². The summed E-state index contributed by atoms with van der Waals surface area (Å²) in [6.07, 6.45) is 0. The maximum absolute atomic E-state index is 10.6. The van der Waals surface area contributed by atoms with Gasteiger partial charge in [0.2, 0.25) is 0 Å². The first-order valence-corrected chi connectivity index (χ1v) is 6.55. The van der Waals surface area contributed by atoms with Crippen molar-refractivity contribution in [2.45, 2.75) is 26.8 Å². The Labute approximate surface area is 118 Å². The van der Waals surface area contributed by atoms with Crippen molar-refractivity contribution in [3.63, 3.8) is 0 Å². The zero-order chi connectivity index (χ0) is 14.7. The van der Waals surface area contributed by atoms with Crippen molar-refractivity contribution < 1.29 is 4.92 Å². The third-order valence-electron chi connectivity index (χ3n) is 3.49. The van der Waals surface area contributed by atoms with Gasteiger partial charge in [0.05, 0.1) is 4.92 Å². The fraction of sp³-hybridized carbons (Fsp3) is 0.250. The predicted molar refractivity (Wildman–Crippen MR) is 81.1 cm³/mol. The van der Waals surface area contributed by atoms with Gasteiger partial charge in [0.1, 0.15) is 0 Å². The number of rotatable bonds is 4. The van der Waals surface area contributed by atoms with E-state index in [0.29, 0.717) is 0 Å². The van der Waals surface area contributed by atoms with Gasteiger partial charge < -0.3 is 5.32 Å². The lowest BCUT2D eigenvalue weighted by atomic mass is 10.1. The second-order valence-corrected chi connectivity index (χ2v) is 5.01. The van der Waals surface area contributed by atoms with Crippen molar-refractivity contribution in [2.24, 2.45) is 0 Å². The van der Waals surface area contributed by atoms with Crippen molar-refractivity contribution in [1.29, 1.82) is 0 Å². The maximum Gasteiger partial charge on any atom is 0.269 e. The molecule has 2 rings (SSSR count). The molecule has 0 aliphatic heterocycles. The average Bonchev–Trinajstić information content (AvgIpc) is 2.43. The third-order valence-corrected chi connectivity index (χ3v) is 3.49. The van der Waals surface area contributed by atoms with Crippen LogP contribution < -0.4 is 5.32 Å². The molecule has 1 unspecified atom stereocenters. The van der Waals surface area contributed by atoms with E-state index in [2.05, 4.69) is 31.3 Å². The Morgan fingerprint density at radius 2 is 1.70 bits per heavy atom. The number of anilines is 1. The molecule has 4 heteroatoms. The van der Waals surface area contributed by atoms with Crippen LogP contribution in [0.15, 0.2) is 42.5 Å². The van der Waals surface area contributed by atoms with Crippen LogP contribution in [-0.4, -0.2) is 4.92 Å². The van der Waals surface area contributed by atoms with Crippen molar-refractivity contribution in [3.05, 3.63) is 69.3 Å². The minimum Gasteiger partial charge on any atom is -0.379 e. The minimum atomic E-state index is -0.384. The van der Waals surface area contributed by atoms with E-state index in [1.165, 1.54) is 23.3 Å². The number of nitrogens with zero attached hydrogens (tertiary/aromatic N) is 1. The highest BCUT2D eigenvalue weighted by molar-refractivity contribution is 5.50. The van der Waals surface area contributed by atoms with Gasteiger partial charge in [0.25, 0.3) is 5.69 Å². The second kappa shape index (κ2) is 5.74. The maximum atomic E-state index is 10.6. The molecule has 2 aromatic carbocycles. The molecular formula is C16H18N2O2. The summed E-state index contributed by atoms with van der Waals surface area (Å²) in [5, 5.41) is 14.0. The Bertz CT molecular complexity index is 621. The van der Waals surface area contributed by atoms with Gasteiger partial charge >= 0.3 is 0 Å².